The molecular formula is C21H24N4O5. The van der Waals surface area contributed by atoms with Crippen molar-refractivity contribution in [2.45, 2.75) is 13.2 Å². The standard InChI is InChI=1S/C21H24N4O5/c1-13(26)23-14-5-7-16(8-6-14)30-20-12-22-11-19(25-20)24-15-9-17(27-2)21(29-4)18(10-15)28-3/h5-12,20,24-25H,1-4H3,(H,23,26). The van der Waals surface area contributed by atoms with E-state index in [4.69, 9.17) is 18.9 Å². The zero-order chi connectivity index (χ0) is 21.5. The number of carbonyl (C=O) groups excluding carboxylic acids is 1. The Bertz CT molecular complexity index is 931. The van der Waals surface area contributed by atoms with Gasteiger partial charge >= 0.3 is 0 Å². The minimum absolute atomic E-state index is 0.127. The molecule has 0 aromatic heterocycles. The number of ether oxygens (including phenoxy) is 4. The molecule has 1 unspecified atom stereocenters. The maximum Gasteiger partial charge on any atom is 0.221 e. The third-order valence-electron chi connectivity index (χ3n) is 4.10. The van der Waals surface area contributed by atoms with Gasteiger partial charge < -0.3 is 34.9 Å². The molecule has 0 radical (unpaired) electrons. The Morgan fingerprint density at radius 2 is 1.67 bits per heavy atom. The molecule has 0 fully saturated rings. The van der Waals surface area contributed by atoms with Crippen LogP contribution in [0.15, 0.2) is 53.4 Å². The first kappa shape index (κ1) is 20.8. The predicted octanol–water partition coefficient (Wildman–Crippen LogP) is 2.96. The van der Waals surface area contributed by atoms with Crippen LogP contribution in [0, 0.1) is 0 Å². The van der Waals surface area contributed by atoms with E-state index in [-0.39, 0.29) is 5.91 Å². The second-order valence-electron chi connectivity index (χ2n) is 6.27. The average molecular weight is 412 g/mol. The van der Waals surface area contributed by atoms with Crippen LogP contribution in [0.5, 0.6) is 23.0 Å². The molecule has 0 spiro atoms. The van der Waals surface area contributed by atoms with Gasteiger partial charge in [0, 0.05) is 30.4 Å². The second-order valence-corrected chi connectivity index (χ2v) is 6.27. The zero-order valence-corrected chi connectivity index (χ0v) is 17.2. The van der Waals surface area contributed by atoms with Gasteiger partial charge in [0.25, 0.3) is 0 Å². The molecule has 158 valence electrons. The molecule has 1 aliphatic heterocycles. The van der Waals surface area contributed by atoms with Crippen molar-refractivity contribution in [1.82, 2.24) is 5.32 Å². The molecule has 9 nitrogen and oxygen atoms in total. The number of rotatable bonds is 8. The molecule has 3 N–H and O–H groups in total. The molecule has 1 atom stereocenters. The Hall–Kier alpha value is -3.88. The highest BCUT2D eigenvalue weighted by Crippen LogP contribution is 2.40. The number of nitrogens with one attached hydrogen (secondary N) is 3. The van der Waals surface area contributed by atoms with Gasteiger partial charge in [-0.05, 0) is 24.3 Å². The van der Waals surface area contributed by atoms with Crippen LogP contribution in [-0.4, -0.2) is 39.7 Å². The van der Waals surface area contributed by atoms with E-state index in [1.165, 1.54) is 6.92 Å². The smallest absolute Gasteiger partial charge is 0.221 e. The highest BCUT2D eigenvalue weighted by atomic mass is 16.5. The van der Waals surface area contributed by atoms with Crippen LogP contribution >= 0.6 is 0 Å². The molecule has 30 heavy (non-hydrogen) atoms. The lowest BCUT2D eigenvalue weighted by Crippen LogP contribution is -2.39. The van der Waals surface area contributed by atoms with E-state index >= 15 is 0 Å². The number of aliphatic imine (C=N–C) groups is 1. The summed E-state index contributed by atoms with van der Waals surface area (Å²) >= 11 is 0. The summed E-state index contributed by atoms with van der Waals surface area (Å²) in [5.74, 6) is 2.71. The Morgan fingerprint density at radius 1 is 1.00 bits per heavy atom. The average Bonchev–Trinajstić information content (AvgIpc) is 2.74. The number of methoxy groups -OCH3 is 3. The van der Waals surface area contributed by atoms with Crippen molar-refractivity contribution in [2.75, 3.05) is 32.0 Å². The van der Waals surface area contributed by atoms with Gasteiger partial charge in [-0.1, -0.05) is 0 Å². The van der Waals surface area contributed by atoms with Gasteiger partial charge in [0.2, 0.25) is 17.9 Å². The molecule has 0 bridgehead atoms. The Labute approximate surface area is 174 Å². The number of anilines is 2. The van der Waals surface area contributed by atoms with Crippen molar-refractivity contribution < 1.29 is 23.7 Å². The molecule has 2 aromatic carbocycles. The molecule has 1 amide bonds. The SMILES string of the molecule is COc1cc(NC2=CN=CC(Oc3ccc(NC(C)=O)cc3)N2)cc(OC)c1OC. The van der Waals surface area contributed by atoms with E-state index in [2.05, 4.69) is 20.9 Å². The summed E-state index contributed by atoms with van der Waals surface area (Å²) in [6, 6.07) is 10.7. The van der Waals surface area contributed by atoms with Gasteiger partial charge in [-0.2, -0.15) is 0 Å². The molecule has 1 aliphatic rings. The molecule has 0 aliphatic carbocycles. The van der Waals surface area contributed by atoms with E-state index in [1.807, 2.05) is 0 Å². The van der Waals surface area contributed by atoms with Crippen molar-refractivity contribution >= 4 is 23.5 Å². The van der Waals surface area contributed by atoms with Gasteiger partial charge in [-0.15, -0.1) is 0 Å². The number of hydrogen-bond donors (Lipinski definition) is 3. The van der Waals surface area contributed by atoms with E-state index in [1.54, 1.807) is 70.1 Å². The van der Waals surface area contributed by atoms with E-state index < -0.39 is 6.23 Å². The number of amides is 1. The number of hydrogen-bond acceptors (Lipinski definition) is 8. The Balaban J connectivity index is 1.66. The highest BCUT2D eigenvalue weighted by Gasteiger charge is 2.16. The van der Waals surface area contributed by atoms with Crippen molar-refractivity contribution in [2.24, 2.45) is 4.99 Å². The number of benzene rings is 2. The van der Waals surface area contributed by atoms with Gasteiger partial charge in [0.15, 0.2) is 11.5 Å². The summed E-state index contributed by atoms with van der Waals surface area (Å²) < 4.78 is 22.0. The van der Waals surface area contributed by atoms with Crippen molar-refractivity contribution in [3.63, 3.8) is 0 Å². The van der Waals surface area contributed by atoms with Gasteiger partial charge in [-0.3, -0.25) is 9.79 Å². The second kappa shape index (κ2) is 9.55. The minimum Gasteiger partial charge on any atom is -0.493 e. The molecular weight excluding hydrogens is 388 g/mol. The fraction of sp³-hybridized carbons (Fsp3) is 0.238. The van der Waals surface area contributed by atoms with Crippen LogP contribution in [0.2, 0.25) is 0 Å². The Morgan fingerprint density at radius 3 is 2.23 bits per heavy atom. The van der Waals surface area contributed by atoms with Crippen molar-refractivity contribution in [3.05, 3.63) is 48.4 Å². The molecule has 3 rings (SSSR count). The first-order chi connectivity index (χ1) is 14.5. The Kier molecular flexibility index (Phi) is 6.63. The lowest BCUT2D eigenvalue weighted by Gasteiger charge is -2.23. The first-order valence-corrected chi connectivity index (χ1v) is 9.13. The fourth-order valence-corrected chi connectivity index (χ4v) is 2.83. The third-order valence-corrected chi connectivity index (χ3v) is 4.10. The lowest BCUT2D eigenvalue weighted by atomic mass is 10.2. The summed E-state index contributed by atoms with van der Waals surface area (Å²) in [6.07, 6.45) is 2.80. The van der Waals surface area contributed by atoms with Gasteiger partial charge in [0.05, 0.1) is 33.7 Å². The van der Waals surface area contributed by atoms with Crippen LogP contribution in [0.1, 0.15) is 6.92 Å². The van der Waals surface area contributed by atoms with E-state index in [9.17, 15) is 4.79 Å². The van der Waals surface area contributed by atoms with Gasteiger partial charge in [0.1, 0.15) is 11.6 Å². The highest BCUT2D eigenvalue weighted by molar-refractivity contribution is 5.88. The molecule has 9 heteroatoms. The topological polar surface area (TPSA) is 102 Å². The summed E-state index contributed by atoms with van der Waals surface area (Å²) in [4.78, 5) is 15.3. The van der Waals surface area contributed by atoms with Crippen molar-refractivity contribution in [1.29, 1.82) is 0 Å². The van der Waals surface area contributed by atoms with Crippen LogP contribution in [0.25, 0.3) is 0 Å². The number of nitrogens with zero attached hydrogens (tertiary/aromatic N) is 1. The fourth-order valence-electron chi connectivity index (χ4n) is 2.83. The van der Waals surface area contributed by atoms with E-state index in [0.29, 0.717) is 34.5 Å². The monoisotopic (exact) mass is 412 g/mol. The molecule has 0 saturated carbocycles. The van der Waals surface area contributed by atoms with Crippen LogP contribution in [-0.2, 0) is 4.79 Å². The molecule has 0 saturated heterocycles. The minimum atomic E-state index is -0.480. The predicted molar refractivity (Wildman–Crippen MR) is 115 cm³/mol. The lowest BCUT2D eigenvalue weighted by molar-refractivity contribution is -0.114. The maximum absolute atomic E-state index is 11.1. The van der Waals surface area contributed by atoms with Crippen LogP contribution in [0.4, 0.5) is 11.4 Å². The van der Waals surface area contributed by atoms with E-state index in [0.717, 1.165) is 5.69 Å². The quantitative estimate of drug-likeness (QED) is 0.613. The summed E-state index contributed by atoms with van der Waals surface area (Å²) in [5.41, 5.74) is 1.42. The summed E-state index contributed by atoms with van der Waals surface area (Å²) in [5, 5.41) is 9.13. The molecule has 1 heterocycles. The van der Waals surface area contributed by atoms with Crippen molar-refractivity contribution in [3.8, 4) is 23.0 Å². The third kappa shape index (κ3) is 5.13. The van der Waals surface area contributed by atoms with Crippen LogP contribution in [0.3, 0.4) is 0 Å². The summed E-state index contributed by atoms with van der Waals surface area (Å²) in [6.45, 7) is 1.46. The van der Waals surface area contributed by atoms with Crippen LogP contribution < -0.4 is 34.9 Å². The maximum atomic E-state index is 11.1. The molecule has 2 aromatic rings. The zero-order valence-electron chi connectivity index (χ0n) is 17.2. The number of carbonyl (C=O) groups is 1. The largest absolute Gasteiger partial charge is 0.493 e. The first-order valence-electron chi connectivity index (χ1n) is 9.13. The van der Waals surface area contributed by atoms with Gasteiger partial charge in [-0.25, -0.2) is 0 Å². The normalized spacial score (nSPS) is 14.8. The summed E-state index contributed by atoms with van der Waals surface area (Å²) in [7, 11) is 4.67.